The van der Waals surface area contributed by atoms with E-state index in [0.717, 1.165) is 16.9 Å². The fraction of sp³-hybridized carbons (Fsp3) is 0.304. The number of halogens is 2. The largest absolute Gasteiger partial charge is 0.505 e. The Bertz CT molecular complexity index is 1180. The lowest BCUT2D eigenvalue weighted by molar-refractivity contribution is 0.100. The van der Waals surface area contributed by atoms with Crippen molar-refractivity contribution in [1.82, 2.24) is 5.32 Å². The Morgan fingerprint density at radius 1 is 1.19 bits per heavy atom. The molecular formula is C23H25Cl2N3O3S. The van der Waals surface area contributed by atoms with Crippen LogP contribution < -0.4 is 16.4 Å². The highest BCUT2D eigenvalue weighted by atomic mass is 35.5. The third-order valence-electron chi connectivity index (χ3n) is 5.45. The Labute approximate surface area is 200 Å². The van der Waals surface area contributed by atoms with E-state index in [1.807, 2.05) is 12.1 Å². The summed E-state index contributed by atoms with van der Waals surface area (Å²) in [5.41, 5.74) is 7.27. The maximum absolute atomic E-state index is 12.8. The summed E-state index contributed by atoms with van der Waals surface area (Å²) >= 11 is 13.2. The van der Waals surface area contributed by atoms with Crippen LogP contribution in [0.25, 0.3) is 10.1 Å². The zero-order valence-electron chi connectivity index (χ0n) is 18.2. The Hall–Kier alpha value is -2.32. The Morgan fingerprint density at radius 2 is 1.81 bits per heavy atom. The van der Waals surface area contributed by atoms with Crippen molar-refractivity contribution in [1.29, 1.82) is 0 Å². The van der Waals surface area contributed by atoms with Crippen molar-refractivity contribution in [2.45, 2.75) is 40.3 Å². The van der Waals surface area contributed by atoms with Crippen LogP contribution in [-0.4, -0.2) is 23.0 Å². The van der Waals surface area contributed by atoms with Crippen molar-refractivity contribution in [3.63, 3.8) is 0 Å². The molecule has 0 saturated carbocycles. The number of anilines is 1. The predicted molar refractivity (Wildman–Crippen MR) is 132 cm³/mol. The molecule has 1 heterocycles. The number of carbonyl (C=O) groups is 2. The number of nitrogens with one attached hydrogen (secondary N) is 2. The highest BCUT2D eigenvalue weighted by Crippen LogP contribution is 2.46. The summed E-state index contributed by atoms with van der Waals surface area (Å²) in [6.07, 6.45) is 0. The van der Waals surface area contributed by atoms with E-state index in [2.05, 4.69) is 38.3 Å². The van der Waals surface area contributed by atoms with Crippen molar-refractivity contribution in [2.24, 2.45) is 11.1 Å². The van der Waals surface area contributed by atoms with Crippen LogP contribution in [0, 0.1) is 5.41 Å². The molecule has 0 unspecified atom stereocenters. The smallest absolute Gasteiger partial charge is 0.256 e. The summed E-state index contributed by atoms with van der Waals surface area (Å²) in [5.74, 6) is -1.42. The van der Waals surface area contributed by atoms with Crippen LogP contribution in [0.1, 0.15) is 54.0 Å². The van der Waals surface area contributed by atoms with Gasteiger partial charge in [-0.15, -0.1) is 11.3 Å². The maximum atomic E-state index is 12.8. The SMILES string of the molecule is C[C@@H](NCc1ccc(C(=O)Nc2sc3c(Cl)c(O)c(Cl)cc3c2C(N)=O)cc1)C(C)(C)C. The molecule has 0 bridgehead atoms. The van der Waals surface area contributed by atoms with E-state index in [1.54, 1.807) is 12.1 Å². The molecule has 0 aliphatic heterocycles. The lowest BCUT2D eigenvalue weighted by Gasteiger charge is -2.28. The van der Waals surface area contributed by atoms with Crippen LogP contribution in [0.4, 0.5) is 5.00 Å². The first-order chi connectivity index (χ1) is 14.9. The topological polar surface area (TPSA) is 104 Å². The Balaban J connectivity index is 1.82. The van der Waals surface area contributed by atoms with Crippen LogP contribution in [0.5, 0.6) is 5.75 Å². The van der Waals surface area contributed by atoms with Gasteiger partial charge >= 0.3 is 0 Å². The molecule has 3 rings (SSSR count). The first-order valence-electron chi connectivity index (χ1n) is 9.97. The van der Waals surface area contributed by atoms with Gasteiger partial charge in [0.05, 0.1) is 15.3 Å². The van der Waals surface area contributed by atoms with Crippen molar-refractivity contribution < 1.29 is 14.7 Å². The monoisotopic (exact) mass is 493 g/mol. The van der Waals surface area contributed by atoms with E-state index in [-0.39, 0.29) is 31.8 Å². The number of aromatic hydroxyl groups is 1. The second-order valence-corrected chi connectivity index (χ2v) is 10.5. The van der Waals surface area contributed by atoms with Gasteiger partial charge in [0.15, 0.2) is 5.75 Å². The number of phenols is 1. The summed E-state index contributed by atoms with van der Waals surface area (Å²) in [6.45, 7) is 9.35. The zero-order valence-corrected chi connectivity index (χ0v) is 20.5. The molecule has 5 N–H and O–H groups in total. The van der Waals surface area contributed by atoms with Crippen LogP contribution in [-0.2, 0) is 6.54 Å². The minimum atomic E-state index is -0.737. The number of benzene rings is 2. The Kier molecular flexibility index (Phi) is 7.05. The summed E-state index contributed by atoms with van der Waals surface area (Å²) in [4.78, 5) is 24.9. The molecule has 2 amide bonds. The summed E-state index contributed by atoms with van der Waals surface area (Å²) < 4.78 is 0.409. The molecule has 32 heavy (non-hydrogen) atoms. The minimum absolute atomic E-state index is 0.00170. The van der Waals surface area contributed by atoms with E-state index in [0.29, 0.717) is 28.2 Å². The predicted octanol–water partition coefficient (Wildman–Crippen LogP) is 5.79. The number of amides is 2. The molecule has 0 saturated heterocycles. The average molecular weight is 494 g/mol. The number of hydrogen-bond donors (Lipinski definition) is 4. The third-order valence-corrected chi connectivity index (χ3v) is 7.36. The third kappa shape index (κ3) is 5.02. The number of rotatable bonds is 6. The molecule has 0 fully saturated rings. The van der Waals surface area contributed by atoms with Crippen molar-refractivity contribution >= 4 is 61.4 Å². The van der Waals surface area contributed by atoms with Gasteiger partial charge in [-0.3, -0.25) is 9.59 Å². The number of nitrogens with two attached hydrogens (primary N) is 1. The number of fused-ring (bicyclic) bond motifs is 1. The van der Waals surface area contributed by atoms with Crippen LogP contribution in [0.3, 0.4) is 0 Å². The van der Waals surface area contributed by atoms with Gasteiger partial charge in [0.2, 0.25) is 0 Å². The molecule has 3 aromatic rings. The van der Waals surface area contributed by atoms with Crippen LogP contribution in [0.15, 0.2) is 30.3 Å². The van der Waals surface area contributed by atoms with Gasteiger partial charge in [-0.2, -0.15) is 0 Å². The quantitative estimate of drug-likeness (QED) is 0.348. The van der Waals surface area contributed by atoms with Gasteiger partial charge in [-0.25, -0.2) is 0 Å². The number of carbonyl (C=O) groups excluding carboxylic acids is 2. The highest BCUT2D eigenvalue weighted by molar-refractivity contribution is 7.24. The van der Waals surface area contributed by atoms with Crippen LogP contribution >= 0.6 is 34.5 Å². The second-order valence-electron chi connectivity index (χ2n) is 8.69. The molecule has 170 valence electrons. The molecule has 0 aliphatic rings. The highest BCUT2D eigenvalue weighted by Gasteiger charge is 2.23. The summed E-state index contributed by atoms with van der Waals surface area (Å²) in [5, 5.41) is 16.8. The normalized spacial score (nSPS) is 12.7. The molecule has 0 aliphatic carbocycles. The van der Waals surface area contributed by atoms with Gasteiger partial charge in [0.25, 0.3) is 11.8 Å². The molecule has 6 nitrogen and oxygen atoms in total. The molecule has 0 spiro atoms. The minimum Gasteiger partial charge on any atom is -0.505 e. The standard InChI is InChI=1S/C23H25Cl2N3O3S/c1-11(23(2,3)4)27-10-12-5-7-13(8-6-12)21(31)28-22-16(20(26)30)14-9-15(24)18(29)17(25)19(14)32-22/h5-9,11,27,29H,10H2,1-4H3,(H2,26,30)(H,28,31)/t11-/m1/s1. The lowest BCUT2D eigenvalue weighted by atomic mass is 9.88. The first kappa shape index (κ1) is 24.3. The summed E-state index contributed by atoms with van der Waals surface area (Å²) in [7, 11) is 0. The molecule has 1 atom stereocenters. The van der Waals surface area contributed by atoms with Gasteiger partial charge in [0.1, 0.15) is 10.0 Å². The van der Waals surface area contributed by atoms with Crippen molar-refractivity contribution in [3.05, 3.63) is 57.1 Å². The number of thiophene rings is 1. The number of primary amides is 1. The molecular weight excluding hydrogens is 469 g/mol. The van der Waals surface area contributed by atoms with E-state index in [9.17, 15) is 14.7 Å². The number of hydrogen-bond acceptors (Lipinski definition) is 5. The molecule has 0 radical (unpaired) electrons. The van der Waals surface area contributed by atoms with Gasteiger partial charge < -0.3 is 21.5 Å². The zero-order chi connectivity index (χ0) is 23.8. The van der Waals surface area contributed by atoms with E-state index < -0.39 is 11.8 Å². The first-order valence-corrected chi connectivity index (χ1v) is 11.5. The maximum Gasteiger partial charge on any atom is 0.256 e. The molecule has 2 aromatic carbocycles. The fourth-order valence-electron chi connectivity index (χ4n) is 3.01. The van der Waals surface area contributed by atoms with Crippen LogP contribution in [0.2, 0.25) is 10.0 Å². The van der Waals surface area contributed by atoms with E-state index in [4.69, 9.17) is 28.9 Å². The second kappa shape index (κ2) is 9.27. The van der Waals surface area contributed by atoms with Crippen molar-refractivity contribution in [3.8, 4) is 5.75 Å². The Morgan fingerprint density at radius 3 is 2.38 bits per heavy atom. The molecule has 1 aromatic heterocycles. The average Bonchev–Trinajstić information content (AvgIpc) is 3.07. The molecule has 9 heteroatoms. The fourth-order valence-corrected chi connectivity index (χ4v) is 4.70. The van der Waals surface area contributed by atoms with Crippen molar-refractivity contribution in [2.75, 3.05) is 5.32 Å². The van der Waals surface area contributed by atoms with Gasteiger partial charge in [0, 0.05) is 23.5 Å². The van der Waals surface area contributed by atoms with E-state index >= 15 is 0 Å². The van der Waals surface area contributed by atoms with Gasteiger partial charge in [-0.05, 0) is 36.1 Å². The van der Waals surface area contributed by atoms with Gasteiger partial charge in [-0.1, -0.05) is 56.1 Å². The lowest BCUT2D eigenvalue weighted by Crippen LogP contribution is -2.37. The van der Waals surface area contributed by atoms with E-state index in [1.165, 1.54) is 6.07 Å². The summed E-state index contributed by atoms with van der Waals surface area (Å²) in [6, 6.07) is 8.94. The number of phenolic OH excluding ortho intramolecular Hbond substituents is 1.